The Balaban J connectivity index is 2.41. The highest BCUT2D eigenvalue weighted by Crippen LogP contribution is 2.24. The summed E-state index contributed by atoms with van der Waals surface area (Å²) in [7, 11) is 0. The van der Waals surface area contributed by atoms with E-state index in [1.807, 2.05) is 0 Å². The predicted molar refractivity (Wildman–Crippen MR) is 54.7 cm³/mol. The first kappa shape index (κ1) is 9.97. The number of nitrogens with two attached hydrogens (primary N) is 1. The van der Waals surface area contributed by atoms with Crippen molar-refractivity contribution in [3.8, 4) is 11.4 Å². The van der Waals surface area contributed by atoms with Crippen LogP contribution >= 0.6 is 11.3 Å². The van der Waals surface area contributed by atoms with Gasteiger partial charge in [-0.1, -0.05) is 6.07 Å². The van der Waals surface area contributed by atoms with Gasteiger partial charge < -0.3 is 5.73 Å². The Bertz CT molecular complexity index is 470. The molecule has 2 rings (SSSR count). The normalized spacial score (nSPS) is 10.9. The van der Waals surface area contributed by atoms with Crippen LogP contribution in [0.3, 0.4) is 0 Å². The van der Waals surface area contributed by atoms with Crippen molar-refractivity contribution in [2.45, 2.75) is 6.43 Å². The van der Waals surface area contributed by atoms with Gasteiger partial charge in [-0.3, -0.25) is 0 Å². The molecular formula is C9H7F2N3S. The number of hydrogen-bond donors (Lipinski definition) is 1. The summed E-state index contributed by atoms with van der Waals surface area (Å²) in [5.74, 6) is 0. The SMILES string of the molecule is Nc1nc(-c2cccc(C(F)F)n2)cs1. The quantitative estimate of drug-likeness (QED) is 0.858. The summed E-state index contributed by atoms with van der Waals surface area (Å²) in [5.41, 5.74) is 6.14. The third-order valence-corrected chi connectivity index (χ3v) is 2.45. The average Bonchev–Trinajstić information content (AvgIpc) is 2.65. The Morgan fingerprint density at radius 3 is 2.60 bits per heavy atom. The van der Waals surface area contributed by atoms with Crippen LogP contribution in [0.2, 0.25) is 0 Å². The lowest BCUT2D eigenvalue weighted by molar-refractivity contribution is 0.146. The first-order valence-electron chi connectivity index (χ1n) is 4.13. The number of rotatable bonds is 2. The van der Waals surface area contributed by atoms with E-state index in [9.17, 15) is 8.78 Å². The molecule has 0 saturated heterocycles. The number of anilines is 1. The molecule has 0 atom stereocenters. The molecule has 0 aliphatic heterocycles. The van der Waals surface area contributed by atoms with Crippen LogP contribution in [0.15, 0.2) is 23.6 Å². The molecule has 2 heterocycles. The van der Waals surface area contributed by atoms with Gasteiger partial charge in [0.05, 0.1) is 5.69 Å². The van der Waals surface area contributed by atoms with Crippen LogP contribution in [0.5, 0.6) is 0 Å². The minimum atomic E-state index is -2.57. The first-order valence-corrected chi connectivity index (χ1v) is 5.01. The molecule has 0 amide bonds. The van der Waals surface area contributed by atoms with Gasteiger partial charge in [0.1, 0.15) is 11.4 Å². The molecule has 0 aliphatic carbocycles. The zero-order valence-corrected chi connectivity index (χ0v) is 8.34. The number of aromatic nitrogens is 2. The fourth-order valence-electron chi connectivity index (χ4n) is 1.12. The minimum Gasteiger partial charge on any atom is -0.375 e. The van der Waals surface area contributed by atoms with Crippen LogP contribution in [0.4, 0.5) is 13.9 Å². The zero-order chi connectivity index (χ0) is 10.8. The van der Waals surface area contributed by atoms with Crippen molar-refractivity contribution in [2.24, 2.45) is 0 Å². The maximum atomic E-state index is 12.4. The Hall–Kier alpha value is -1.56. The summed E-state index contributed by atoms with van der Waals surface area (Å²) in [6.07, 6.45) is -2.57. The lowest BCUT2D eigenvalue weighted by Crippen LogP contribution is -1.92. The number of halogens is 2. The molecule has 0 aliphatic rings. The second kappa shape index (κ2) is 3.90. The molecule has 2 N–H and O–H groups in total. The molecular weight excluding hydrogens is 220 g/mol. The van der Waals surface area contributed by atoms with Crippen molar-refractivity contribution in [1.82, 2.24) is 9.97 Å². The number of thiazole rings is 1. The van der Waals surface area contributed by atoms with Gasteiger partial charge >= 0.3 is 0 Å². The number of pyridine rings is 1. The first-order chi connectivity index (χ1) is 7.16. The van der Waals surface area contributed by atoms with Gasteiger partial charge in [0.15, 0.2) is 5.13 Å². The van der Waals surface area contributed by atoms with E-state index >= 15 is 0 Å². The van der Waals surface area contributed by atoms with Crippen LogP contribution < -0.4 is 5.73 Å². The molecule has 6 heteroatoms. The maximum absolute atomic E-state index is 12.4. The van der Waals surface area contributed by atoms with E-state index in [2.05, 4.69) is 9.97 Å². The van der Waals surface area contributed by atoms with Crippen molar-refractivity contribution in [3.63, 3.8) is 0 Å². The number of nitrogens with zero attached hydrogens (tertiary/aromatic N) is 2. The fraction of sp³-hybridized carbons (Fsp3) is 0.111. The molecule has 15 heavy (non-hydrogen) atoms. The van der Waals surface area contributed by atoms with Gasteiger partial charge in [-0.25, -0.2) is 18.7 Å². The Kier molecular flexibility index (Phi) is 2.59. The van der Waals surface area contributed by atoms with Crippen LogP contribution in [0.25, 0.3) is 11.4 Å². The highest BCUT2D eigenvalue weighted by atomic mass is 32.1. The van der Waals surface area contributed by atoms with E-state index in [0.717, 1.165) is 0 Å². The molecule has 0 saturated carbocycles. The van der Waals surface area contributed by atoms with Crippen LogP contribution in [-0.2, 0) is 0 Å². The average molecular weight is 227 g/mol. The summed E-state index contributed by atoms with van der Waals surface area (Å²) < 4.78 is 24.7. The molecule has 0 aromatic carbocycles. The van der Waals surface area contributed by atoms with E-state index in [1.54, 1.807) is 11.4 Å². The summed E-state index contributed by atoms with van der Waals surface area (Å²) in [5, 5.41) is 2.08. The highest BCUT2D eigenvalue weighted by molar-refractivity contribution is 7.13. The molecule has 0 unspecified atom stereocenters. The van der Waals surface area contributed by atoms with Crippen LogP contribution in [-0.4, -0.2) is 9.97 Å². The second-order valence-electron chi connectivity index (χ2n) is 2.82. The molecule has 0 fully saturated rings. The number of alkyl halides is 2. The third kappa shape index (κ3) is 2.10. The smallest absolute Gasteiger partial charge is 0.280 e. The Morgan fingerprint density at radius 2 is 2.00 bits per heavy atom. The van der Waals surface area contributed by atoms with Crippen LogP contribution in [0, 0.1) is 0 Å². The van der Waals surface area contributed by atoms with E-state index in [0.29, 0.717) is 16.5 Å². The van der Waals surface area contributed by atoms with E-state index in [4.69, 9.17) is 5.73 Å². The minimum absolute atomic E-state index is 0.251. The van der Waals surface area contributed by atoms with Crippen molar-refractivity contribution in [2.75, 3.05) is 5.73 Å². The summed E-state index contributed by atoms with van der Waals surface area (Å²) >= 11 is 1.25. The largest absolute Gasteiger partial charge is 0.375 e. The van der Waals surface area contributed by atoms with Crippen molar-refractivity contribution in [1.29, 1.82) is 0 Å². The van der Waals surface area contributed by atoms with Gasteiger partial charge in [0.25, 0.3) is 6.43 Å². The van der Waals surface area contributed by atoms with Crippen molar-refractivity contribution < 1.29 is 8.78 Å². The molecule has 2 aromatic rings. The lowest BCUT2D eigenvalue weighted by Gasteiger charge is -2.00. The van der Waals surface area contributed by atoms with Gasteiger partial charge in [-0.2, -0.15) is 0 Å². The standard InChI is InChI=1S/C9H7F2N3S/c10-8(11)6-3-1-2-5(13-6)7-4-15-9(12)14-7/h1-4,8H,(H2,12,14). The third-order valence-electron chi connectivity index (χ3n) is 1.78. The summed E-state index contributed by atoms with van der Waals surface area (Å²) in [4.78, 5) is 7.76. The monoisotopic (exact) mass is 227 g/mol. The van der Waals surface area contributed by atoms with Crippen LogP contribution in [0.1, 0.15) is 12.1 Å². The zero-order valence-electron chi connectivity index (χ0n) is 7.52. The summed E-state index contributed by atoms with van der Waals surface area (Å²) in [6.45, 7) is 0. The lowest BCUT2D eigenvalue weighted by atomic mass is 10.2. The van der Waals surface area contributed by atoms with Gasteiger partial charge in [0.2, 0.25) is 0 Å². The van der Waals surface area contributed by atoms with Gasteiger partial charge in [-0.15, -0.1) is 11.3 Å². The van der Waals surface area contributed by atoms with Gasteiger partial charge in [0, 0.05) is 5.38 Å². The fourth-order valence-corrected chi connectivity index (χ4v) is 1.68. The number of nitrogen functional groups attached to an aromatic ring is 1. The molecule has 3 nitrogen and oxygen atoms in total. The molecule has 2 aromatic heterocycles. The maximum Gasteiger partial charge on any atom is 0.280 e. The Labute approximate surface area is 88.6 Å². The Morgan fingerprint density at radius 1 is 1.20 bits per heavy atom. The summed E-state index contributed by atoms with van der Waals surface area (Å²) in [6, 6.07) is 4.43. The van der Waals surface area contributed by atoms with E-state index in [1.165, 1.54) is 23.5 Å². The second-order valence-corrected chi connectivity index (χ2v) is 3.71. The van der Waals surface area contributed by atoms with E-state index in [-0.39, 0.29) is 5.69 Å². The molecule has 0 bridgehead atoms. The number of hydrogen-bond acceptors (Lipinski definition) is 4. The van der Waals surface area contributed by atoms with Gasteiger partial charge in [-0.05, 0) is 12.1 Å². The topological polar surface area (TPSA) is 51.8 Å². The molecule has 78 valence electrons. The highest BCUT2D eigenvalue weighted by Gasteiger charge is 2.10. The van der Waals surface area contributed by atoms with E-state index < -0.39 is 6.43 Å². The molecule has 0 radical (unpaired) electrons. The van der Waals surface area contributed by atoms with Crippen molar-refractivity contribution in [3.05, 3.63) is 29.3 Å². The predicted octanol–water partition coefficient (Wildman–Crippen LogP) is 2.72. The van der Waals surface area contributed by atoms with Crippen molar-refractivity contribution >= 4 is 16.5 Å². The molecule has 0 spiro atoms.